The van der Waals surface area contributed by atoms with Crippen LogP contribution >= 0.6 is 0 Å². The summed E-state index contributed by atoms with van der Waals surface area (Å²) in [5, 5.41) is 0.413. The Labute approximate surface area is 115 Å². The van der Waals surface area contributed by atoms with Crippen molar-refractivity contribution < 1.29 is 22.0 Å². The molecule has 108 valence electrons. The maximum absolute atomic E-state index is 13.1. The van der Waals surface area contributed by atoms with E-state index in [9.17, 15) is 17.6 Å². The zero-order valence-corrected chi connectivity index (χ0v) is 10.3. The molecule has 0 unspecified atom stereocenters. The van der Waals surface area contributed by atoms with Crippen molar-refractivity contribution in [1.29, 1.82) is 0 Å². The lowest BCUT2D eigenvalue weighted by Crippen LogP contribution is -2.12. The predicted octanol–water partition coefficient (Wildman–Crippen LogP) is 3.63. The first-order valence-electron chi connectivity index (χ1n) is 5.74. The molecule has 4 nitrogen and oxygen atoms in total. The minimum absolute atomic E-state index is 0.0511. The zero-order valence-electron chi connectivity index (χ0n) is 10.3. The first-order valence-corrected chi connectivity index (χ1v) is 5.74. The molecule has 0 saturated heterocycles. The third-order valence-electron chi connectivity index (χ3n) is 2.73. The molecule has 0 saturated carbocycles. The van der Waals surface area contributed by atoms with Crippen LogP contribution in [0.3, 0.4) is 0 Å². The van der Waals surface area contributed by atoms with Crippen LogP contribution in [0.15, 0.2) is 34.7 Å². The molecule has 0 amide bonds. The number of anilines is 1. The molecule has 3 rings (SSSR count). The second-order valence-corrected chi connectivity index (χ2v) is 4.29. The summed E-state index contributed by atoms with van der Waals surface area (Å²) >= 11 is 0. The second kappa shape index (κ2) is 4.44. The average Bonchev–Trinajstić information content (AvgIpc) is 2.80. The number of rotatable bonds is 1. The monoisotopic (exact) mass is 297 g/mol. The van der Waals surface area contributed by atoms with Gasteiger partial charge in [-0.15, -0.1) is 0 Å². The van der Waals surface area contributed by atoms with Crippen LogP contribution in [0.4, 0.5) is 23.4 Å². The molecule has 0 aliphatic heterocycles. The molecular weight excluding hydrogens is 290 g/mol. The van der Waals surface area contributed by atoms with Gasteiger partial charge in [-0.25, -0.2) is 14.4 Å². The maximum Gasteiger partial charge on any atom is 0.451 e. The number of nitrogen functional groups attached to an aromatic ring is 1. The van der Waals surface area contributed by atoms with Crippen LogP contribution in [0, 0.1) is 5.82 Å². The standard InChI is InChI=1S/C13H7F4N3O/c14-7-1-2-9-6(3-7)4-10(21-9)8-5-11(18)20-12(19-8)13(15,16)17/h1-5H,(H2,18,19,20). The highest BCUT2D eigenvalue weighted by Gasteiger charge is 2.35. The number of halogens is 4. The Morgan fingerprint density at radius 1 is 1.05 bits per heavy atom. The van der Waals surface area contributed by atoms with Gasteiger partial charge in [-0.3, -0.25) is 0 Å². The minimum atomic E-state index is -4.72. The van der Waals surface area contributed by atoms with Crippen LogP contribution in [-0.2, 0) is 6.18 Å². The Balaban J connectivity index is 2.16. The molecule has 2 N–H and O–H groups in total. The number of benzene rings is 1. The molecule has 0 aliphatic rings. The smallest absolute Gasteiger partial charge is 0.451 e. The molecule has 0 bridgehead atoms. The topological polar surface area (TPSA) is 64.9 Å². The molecule has 2 heterocycles. The summed E-state index contributed by atoms with van der Waals surface area (Å²) in [5.74, 6) is -2.12. The summed E-state index contributed by atoms with van der Waals surface area (Å²) in [5.41, 5.74) is 5.57. The van der Waals surface area contributed by atoms with Crippen molar-refractivity contribution in [1.82, 2.24) is 9.97 Å². The highest BCUT2D eigenvalue weighted by atomic mass is 19.4. The highest BCUT2D eigenvalue weighted by Crippen LogP contribution is 2.31. The normalized spacial score (nSPS) is 12.0. The number of nitrogens with two attached hydrogens (primary N) is 1. The van der Waals surface area contributed by atoms with Gasteiger partial charge >= 0.3 is 6.18 Å². The summed E-state index contributed by atoms with van der Waals surface area (Å²) in [6, 6.07) is 6.32. The van der Waals surface area contributed by atoms with Gasteiger partial charge in [0.2, 0.25) is 5.82 Å². The molecule has 0 atom stereocenters. The summed E-state index contributed by atoms with van der Waals surface area (Å²) in [4.78, 5) is 6.53. The van der Waals surface area contributed by atoms with E-state index in [4.69, 9.17) is 10.2 Å². The summed E-state index contributed by atoms with van der Waals surface area (Å²) in [6.45, 7) is 0. The van der Waals surface area contributed by atoms with Gasteiger partial charge in [0.05, 0.1) is 0 Å². The van der Waals surface area contributed by atoms with Crippen molar-refractivity contribution in [2.75, 3.05) is 5.73 Å². The molecule has 0 fully saturated rings. The van der Waals surface area contributed by atoms with E-state index < -0.39 is 17.8 Å². The maximum atomic E-state index is 13.1. The van der Waals surface area contributed by atoms with E-state index in [1.165, 1.54) is 24.3 Å². The lowest BCUT2D eigenvalue weighted by atomic mass is 10.2. The van der Waals surface area contributed by atoms with E-state index in [0.29, 0.717) is 11.0 Å². The van der Waals surface area contributed by atoms with E-state index >= 15 is 0 Å². The molecule has 8 heteroatoms. The van der Waals surface area contributed by atoms with Crippen molar-refractivity contribution >= 4 is 16.8 Å². The number of hydrogen-bond donors (Lipinski definition) is 1. The zero-order chi connectivity index (χ0) is 15.2. The van der Waals surface area contributed by atoms with Crippen LogP contribution in [-0.4, -0.2) is 9.97 Å². The Hall–Kier alpha value is -2.64. The second-order valence-electron chi connectivity index (χ2n) is 4.29. The molecular formula is C13H7F4N3O. The Kier molecular flexibility index (Phi) is 2.82. The predicted molar refractivity (Wildman–Crippen MR) is 66.6 cm³/mol. The molecule has 0 spiro atoms. The van der Waals surface area contributed by atoms with Crippen LogP contribution in [0.1, 0.15) is 5.82 Å². The number of aromatic nitrogens is 2. The van der Waals surface area contributed by atoms with Crippen LogP contribution in [0.25, 0.3) is 22.4 Å². The molecule has 3 aromatic rings. The quantitative estimate of drug-likeness (QED) is 0.697. The van der Waals surface area contributed by atoms with E-state index in [-0.39, 0.29) is 17.3 Å². The fourth-order valence-corrected chi connectivity index (χ4v) is 1.86. The van der Waals surface area contributed by atoms with Gasteiger partial charge in [-0.1, -0.05) is 0 Å². The van der Waals surface area contributed by atoms with E-state index in [2.05, 4.69) is 9.97 Å². The number of fused-ring (bicyclic) bond motifs is 1. The lowest BCUT2D eigenvalue weighted by molar-refractivity contribution is -0.144. The van der Waals surface area contributed by atoms with Gasteiger partial charge < -0.3 is 10.2 Å². The third-order valence-corrected chi connectivity index (χ3v) is 2.73. The van der Waals surface area contributed by atoms with Gasteiger partial charge in [0, 0.05) is 11.5 Å². The van der Waals surface area contributed by atoms with Crippen molar-refractivity contribution in [3.63, 3.8) is 0 Å². The first-order chi connectivity index (χ1) is 9.83. The van der Waals surface area contributed by atoms with Gasteiger partial charge in [0.25, 0.3) is 0 Å². The summed E-state index contributed by atoms with van der Waals surface area (Å²) in [6.07, 6.45) is -4.72. The average molecular weight is 297 g/mol. The van der Waals surface area contributed by atoms with E-state index in [0.717, 1.165) is 6.07 Å². The first kappa shape index (κ1) is 13.3. The summed E-state index contributed by atoms with van der Waals surface area (Å²) < 4.78 is 56.4. The van der Waals surface area contributed by atoms with Gasteiger partial charge in [-0.05, 0) is 24.3 Å². The molecule has 21 heavy (non-hydrogen) atoms. The van der Waals surface area contributed by atoms with Crippen LogP contribution < -0.4 is 5.73 Å². The molecule has 1 aromatic carbocycles. The Morgan fingerprint density at radius 2 is 1.81 bits per heavy atom. The largest absolute Gasteiger partial charge is 0.454 e. The van der Waals surface area contributed by atoms with Gasteiger partial charge in [0.1, 0.15) is 22.9 Å². The lowest BCUT2D eigenvalue weighted by Gasteiger charge is -2.06. The van der Waals surface area contributed by atoms with Crippen LogP contribution in [0.5, 0.6) is 0 Å². The van der Waals surface area contributed by atoms with E-state index in [1.807, 2.05) is 0 Å². The SMILES string of the molecule is Nc1cc(-c2cc3cc(F)ccc3o2)nc(C(F)(F)F)n1. The Bertz CT molecular complexity index is 826. The molecule has 2 aromatic heterocycles. The number of hydrogen-bond acceptors (Lipinski definition) is 4. The fraction of sp³-hybridized carbons (Fsp3) is 0.0769. The van der Waals surface area contributed by atoms with Crippen molar-refractivity contribution in [3.8, 4) is 11.5 Å². The van der Waals surface area contributed by atoms with Crippen molar-refractivity contribution in [2.24, 2.45) is 0 Å². The Morgan fingerprint density at radius 3 is 2.52 bits per heavy atom. The number of furan rings is 1. The third kappa shape index (κ3) is 2.51. The van der Waals surface area contributed by atoms with Crippen molar-refractivity contribution in [2.45, 2.75) is 6.18 Å². The van der Waals surface area contributed by atoms with Gasteiger partial charge in [0.15, 0.2) is 5.76 Å². The minimum Gasteiger partial charge on any atom is -0.454 e. The molecule has 0 aliphatic carbocycles. The van der Waals surface area contributed by atoms with Crippen LogP contribution in [0.2, 0.25) is 0 Å². The number of nitrogens with zero attached hydrogens (tertiary/aromatic N) is 2. The van der Waals surface area contributed by atoms with E-state index in [1.54, 1.807) is 0 Å². The van der Waals surface area contributed by atoms with Crippen molar-refractivity contribution in [3.05, 3.63) is 42.0 Å². The number of alkyl halides is 3. The fourth-order valence-electron chi connectivity index (χ4n) is 1.86. The summed E-state index contributed by atoms with van der Waals surface area (Å²) in [7, 11) is 0. The molecule has 0 radical (unpaired) electrons. The highest BCUT2D eigenvalue weighted by molar-refractivity contribution is 5.82. The van der Waals surface area contributed by atoms with Gasteiger partial charge in [-0.2, -0.15) is 13.2 Å².